The van der Waals surface area contributed by atoms with E-state index in [1.54, 1.807) is 0 Å². The first-order valence-corrected chi connectivity index (χ1v) is 6.37. The highest BCUT2D eigenvalue weighted by atomic mass is 16.2. The van der Waals surface area contributed by atoms with Gasteiger partial charge in [0.1, 0.15) is 0 Å². The molecule has 0 unspecified atom stereocenters. The zero-order valence-corrected chi connectivity index (χ0v) is 10.4. The third-order valence-electron chi connectivity index (χ3n) is 3.50. The lowest BCUT2D eigenvalue weighted by Gasteiger charge is -2.20. The fraction of sp³-hybridized carbons (Fsp3) is 0.429. The highest BCUT2D eigenvalue weighted by molar-refractivity contribution is 6.04. The van der Waals surface area contributed by atoms with Gasteiger partial charge in [-0.25, -0.2) is 0 Å². The second-order valence-electron chi connectivity index (χ2n) is 5.01. The van der Waals surface area contributed by atoms with E-state index in [0.29, 0.717) is 0 Å². The molecular formula is C14H16N2O2. The summed E-state index contributed by atoms with van der Waals surface area (Å²) >= 11 is 0. The summed E-state index contributed by atoms with van der Waals surface area (Å²) in [5.74, 6) is 0.321. The Morgan fingerprint density at radius 2 is 2.11 bits per heavy atom. The van der Waals surface area contributed by atoms with Crippen molar-refractivity contribution in [3.8, 4) is 0 Å². The van der Waals surface area contributed by atoms with Crippen molar-refractivity contribution in [1.82, 2.24) is 0 Å². The van der Waals surface area contributed by atoms with E-state index in [9.17, 15) is 9.59 Å². The summed E-state index contributed by atoms with van der Waals surface area (Å²) in [6, 6.07) is 5.81. The number of rotatable bonds is 2. The van der Waals surface area contributed by atoms with Crippen molar-refractivity contribution in [1.29, 1.82) is 0 Å². The Labute approximate surface area is 106 Å². The SMILES string of the molecule is CC(=O)Nc1cccc2c1N(C(=O)C1CC1)CC2. The maximum absolute atomic E-state index is 12.2. The Morgan fingerprint density at radius 1 is 1.33 bits per heavy atom. The molecule has 0 saturated heterocycles. The summed E-state index contributed by atoms with van der Waals surface area (Å²) in [6.45, 7) is 2.22. The molecule has 94 valence electrons. The average molecular weight is 244 g/mol. The summed E-state index contributed by atoms with van der Waals surface area (Å²) in [7, 11) is 0. The Morgan fingerprint density at radius 3 is 2.78 bits per heavy atom. The molecule has 0 radical (unpaired) electrons. The molecule has 1 heterocycles. The Kier molecular flexibility index (Phi) is 2.58. The van der Waals surface area contributed by atoms with Crippen molar-refractivity contribution in [2.75, 3.05) is 16.8 Å². The zero-order valence-electron chi connectivity index (χ0n) is 10.4. The molecule has 4 nitrogen and oxygen atoms in total. The van der Waals surface area contributed by atoms with Crippen molar-refractivity contribution in [3.05, 3.63) is 23.8 Å². The number of anilines is 2. The van der Waals surface area contributed by atoms with Gasteiger partial charge in [0.25, 0.3) is 0 Å². The summed E-state index contributed by atoms with van der Waals surface area (Å²) in [4.78, 5) is 25.3. The number of carbonyl (C=O) groups is 2. The highest BCUT2D eigenvalue weighted by Crippen LogP contribution is 2.40. The van der Waals surface area contributed by atoms with Gasteiger partial charge < -0.3 is 10.2 Å². The number of nitrogens with zero attached hydrogens (tertiary/aromatic N) is 1. The molecule has 1 aliphatic heterocycles. The molecule has 1 N–H and O–H groups in total. The number of nitrogens with one attached hydrogen (secondary N) is 1. The Hall–Kier alpha value is -1.84. The number of para-hydroxylation sites is 1. The molecule has 1 aromatic rings. The van der Waals surface area contributed by atoms with Gasteiger partial charge in [0.2, 0.25) is 11.8 Å². The molecule has 1 aliphatic carbocycles. The first-order chi connectivity index (χ1) is 8.66. The van der Waals surface area contributed by atoms with Crippen LogP contribution in [0.1, 0.15) is 25.3 Å². The van der Waals surface area contributed by atoms with Crippen LogP contribution >= 0.6 is 0 Å². The summed E-state index contributed by atoms with van der Waals surface area (Å²) in [5, 5.41) is 2.82. The Balaban J connectivity index is 1.96. The monoisotopic (exact) mass is 244 g/mol. The molecule has 4 heteroatoms. The van der Waals surface area contributed by atoms with E-state index in [0.717, 1.165) is 42.7 Å². The first kappa shape index (κ1) is 11.3. The maximum Gasteiger partial charge on any atom is 0.230 e. The van der Waals surface area contributed by atoms with Gasteiger partial charge in [0, 0.05) is 19.4 Å². The van der Waals surface area contributed by atoms with Crippen molar-refractivity contribution in [2.45, 2.75) is 26.2 Å². The van der Waals surface area contributed by atoms with Crippen LogP contribution in [0.4, 0.5) is 11.4 Å². The molecule has 2 aliphatic rings. The van der Waals surface area contributed by atoms with Crippen molar-refractivity contribution < 1.29 is 9.59 Å². The smallest absolute Gasteiger partial charge is 0.230 e. The predicted octanol–water partition coefficient (Wildman–Crippen LogP) is 1.94. The van der Waals surface area contributed by atoms with E-state index < -0.39 is 0 Å². The molecule has 0 spiro atoms. The summed E-state index contributed by atoms with van der Waals surface area (Å²) in [5.41, 5.74) is 2.81. The second kappa shape index (κ2) is 4.12. The number of carbonyl (C=O) groups excluding carboxylic acids is 2. The predicted molar refractivity (Wildman–Crippen MR) is 69.5 cm³/mol. The first-order valence-electron chi connectivity index (χ1n) is 6.37. The van der Waals surface area contributed by atoms with E-state index >= 15 is 0 Å². The van der Waals surface area contributed by atoms with E-state index in [4.69, 9.17) is 0 Å². The van der Waals surface area contributed by atoms with Gasteiger partial charge in [-0.15, -0.1) is 0 Å². The van der Waals surface area contributed by atoms with Gasteiger partial charge in [-0.3, -0.25) is 9.59 Å². The minimum Gasteiger partial charge on any atom is -0.325 e. The van der Waals surface area contributed by atoms with Gasteiger partial charge in [-0.1, -0.05) is 12.1 Å². The third-order valence-corrected chi connectivity index (χ3v) is 3.50. The lowest BCUT2D eigenvalue weighted by atomic mass is 10.1. The van der Waals surface area contributed by atoms with E-state index in [1.165, 1.54) is 6.92 Å². The van der Waals surface area contributed by atoms with Gasteiger partial charge in [0.05, 0.1) is 11.4 Å². The third kappa shape index (κ3) is 1.88. The number of fused-ring (bicyclic) bond motifs is 1. The molecule has 1 aromatic carbocycles. The molecule has 1 fully saturated rings. The molecule has 1 saturated carbocycles. The van der Waals surface area contributed by atoms with E-state index in [1.807, 2.05) is 23.1 Å². The van der Waals surface area contributed by atoms with Crippen LogP contribution < -0.4 is 10.2 Å². The quantitative estimate of drug-likeness (QED) is 0.864. The molecule has 3 rings (SSSR count). The molecule has 2 amide bonds. The van der Waals surface area contributed by atoms with Gasteiger partial charge in [-0.05, 0) is 30.9 Å². The van der Waals surface area contributed by atoms with Gasteiger partial charge in [-0.2, -0.15) is 0 Å². The van der Waals surface area contributed by atoms with Crippen LogP contribution in [-0.4, -0.2) is 18.4 Å². The largest absolute Gasteiger partial charge is 0.325 e. The number of amides is 2. The second-order valence-corrected chi connectivity index (χ2v) is 5.01. The molecule has 0 aromatic heterocycles. The van der Waals surface area contributed by atoms with E-state index in [-0.39, 0.29) is 17.7 Å². The zero-order chi connectivity index (χ0) is 12.7. The van der Waals surface area contributed by atoms with Crippen molar-refractivity contribution in [3.63, 3.8) is 0 Å². The van der Waals surface area contributed by atoms with Crippen molar-refractivity contribution >= 4 is 23.2 Å². The fourth-order valence-corrected chi connectivity index (χ4v) is 2.52. The van der Waals surface area contributed by atoms with Crippen LogP contribution in [0.5, 0.6) is 0 Å². The van der Waals surface area contributed by atoms with Crippen LogP contribution in [0.15, 0.2) is 18.2 Å². The molecule has 0 bridgehead atoms. The lowest BCUT2D eigenvalue weighted by Crippen LogP contribution is -2.31. The number of hydrogen-bond acceptors (Lipinski definition) is 2. The molecular weight excluding hydrogens is 228 g/mol. The maximum atomic E-state index is 12.2. The minimum atomic E-state index is -0.103. The summed E-state index contributed by atoms with van der Waals surface area (Å²) < 4.78 is 0. The van der Waals surface area contributed by atoms with Crippen LogP contribution in [-0.2, 0) is 16.0 Å². The van der Waals surface area contributed by atoms with Gasteiger partial charge >= 0.3 is 0 Å². The van der Waals surface area contributed by atoms with E-state index in [2.05, 4.69) is 5.32 Å². The molecule has 0 atom stereocenters. The normalized spacial score (nSPS) is 17.5. The van der Waals surface area contributed by atoms with Crippen LogP contribution in [0, 0.1) is 5.92 Å². The Bertz CT molecular complexity index is 521. The number of hydrogen-bond donors (Lipinski definition) is 1. The lowest BCUT2D eigenvalue weighted by molar-refractivity contribution is -0.119. The van der Waals surface area contributed by atoms with Crippen molar-refractivity contribution in [2.24, 2.45) is 5.92 Å². The molecule has 18 heavy (non-hydrogen) atoms. The topological polar surface area (TPSA) is 49.4 Å². The average Bonchev–Trinajstić information content (AvgIpc) is 3.08. The number of benzene rings is 1. The standard InChI is InChI=1S/C14H16N2O2/c1-9(17)15-12-4-2-3-10-7-8-16(13(10)12)14(18)11-5-6-11/h2-4,11H,5-8H2,1H3,(H,15,17). The van der Waals surface area contributed by atoms with Crippen LogP contribution in [0.2, 0.25) is 0 Å². The van der Waals surface area contributed by atoms with Gasteiger partial charge in [0.15, 0.2) is 0 Å². The summed E-state index contributed by atoms with van der Waals surface area (Å²) in [6.07, 6.45) is 2.89. The van der Waals surface area contributed by atoms with Crippen LogP contribution in [0.25, 0.3) is 0 Å². The minimum absolute atomic E-state index is 0.103. The van der Waals surface area contributed by atoms with Crippen LogP contribution in [0.3, 0.4) is 0 Å². The fourth-order valence-electron chi connectivity index (χ4n) is 2.52. The highest BCUT2D eigenvalue weighted by Gasteiger charge is 2.37.